The zero-order valence-corrected chi connectivity index (χ0v) is 16.9. The molecule has 2 N–H and O–H groups in total. The number of methoxy groups -OCH3 is 1. The second-order valence-electron chi connectivity index (χ2n) is 5.85. The molecule has 8 heteroatoms. The quantitative estimate of drug-likeness (QED) is 0.559. The molecule has 0 aliphatic heterocycles. The molecule has 1 atom stereocenters. The molecule has 0 radical (unpaired) electrons. The number of ether oxygens (including phenoxy) is 1. The number of carbonyl (C=O) groups is 1. The summed E-state index contributed by atoms with van der Waals surface area (Å²) in [7, 11) is 1.63. The Morgan fingerprint density at radius 1 is 1.15 bits per heavy atom. The van der Waals surface area contributed by atoms with E-state index in [1.807, 2.05) is 62.4 Å². The molecule has 0 spiro atoms. The Bertz CT molecular complexity index is 912. The summed E-state index contributed by atoms with van der Waals surface area (Å²) in [6.45, 7) is 3.86. The number of thioether (sulfide) groups is 1. The molecule has 2 aromatic carbocycles. The SMILES string of the molecule is COc1cccc(Nc2nnc(S[C@@H](C)C(=O)Nc3ccc(C)cc3)s2)c1. The van der Waals surface area contributed by atoms with E-state index in [2.05, 4.69) is 20.8 Å². The zero-order valence-electron chi connectivity index (χ0n) is 15.2. The summed E-state index contributed by atoms with van der Waals surface area (Å²) in [5, 5.41) is 14.8. The Labute approximate surface area is 166 Å². The standard InChI is InChI=1S/C19H20N4O2S2/c1-12-7-9-14(10-8-12)20-17(24)13(2)26-19-23-22-18(27-19)21-15-5-4-6-16(11-15)25-3/h4-11,13H,1-3H3,(H,20,24)(H,21,22)/t13-/m0/s1. The van der Waals surface area contributed by atoms with Gasteiger partial charge in [-0.2, -0.15) is 0 Å². The van der Waals surface area contributed by atoms with Crippen molar-refractivity contribution < 1.29 is 9.53 Å². The fourth-order valence-electron chi connectivity index (χ4n) is 2.22. The number of hydrogen-bond donors (Lipinski definition) is 2. The van der Waals surface area contributed by atoms with E-state index in [1.54, 1.807) is 7.11 Å². The maximum atomic E-state index is 12.4. The molecule has 0 saturated heterocycles. The van der Waals surface area contributed by atoms with E-state index in [0.29, 0.717) is 5.13 Å². The normalized spacial score (nSPS) is 11.7. The lowest BCUT2D eigenvalue weighted by molar-refractivity contribution is -0.115. The van der Waals surface area contributed by atoms with Crippen molar-refractivity contribution in [3.8, 4) is 5.75 Å². The summed E-state index contributed by atoms with van der Waals surface area (Å²) in [5.41, 5.74) is 2.81. The van der Waals surface area contributed by atoms with Gasteiger partial charge in [-0.15, -0.1) is 10.2 Å². The lowest BCUT2D eigenvalue weighted by Gasteiger charge is -2.10. The van der Waals surface area contributed by atoms with Gasteiger partial charge in [-0.05, 0) is 38.1 Å². The van der Waals surface area contributed by atoms with Crippen LogP contribution in [0.25, 0.3) is 0 Å². The number of anilines is 3. The molecule has 1 heterocycles. The summed E-state index contributed by atoms with van der Waals surface area (Å²) in [6, 6.07) is 15.3. The molecular formula is C19H20N4O2S2. The van der Waals surface area contributed by atoms with Gasteiger partial charge in [0.25, 0.3) is 0 Å². The van der Waals surface area contributed by atoms with Crippen LogP contribution < -0.4 is 15.4 Å². The minimum absolute atomic E-state index is 0.0682. The van der Waals surface area contributed by atoms with Crippen LogP contribution in [-0.4, -0.2) is 28.5 Å². The number of aromatic nitrogens is 2. The largest absolute Gasteiger partial charge is 0.497 e. The van der Waals surface area contributed by atoms with Gasteiger partial charge >= 0.3 is 0 Å². The Kier molecular flexibility index (Phi) is 6.31. The number of benzene rings is 2. The molecule has 0 aliphatic rings. The van der Waals surface area contributed by atoms with Gasteiger partial charge in [0.2, 0.25) is 11.0 Å². The van der Waals surface area contributed by atoms with E-state index in [4.69, 9.17) is 4.74 Å². The van der Waals surface area contributed by atoms with Crippen LogP contribution in [0.3, 0.4) is 0 Å². The highest BCUT2D eigenvalue weighted by atomic mass is 32.2. The van der Waals surface area contributed by atoms with Gasteiger partial charge in [0.05, 0.1) is 12.4 Å². The first-order valence-corrected chi connectivity index (χ1v) is 10.0. The predicted molar refractivity (Wildman–Crippen MR) is 111 cm³/mol. The predicted octanol–water partition coefficient (Wildman–Crippen LogP) is 4.72. The maximum Gasteiger partial charge on any atom is 0.237 e. The molecular weight excluding hydrogens is 380 g/mol. The molecule has 3 rings (SSSR count). The number of hydrogen-bond acceptors (Lipinski definition) is 7. The Balaban J connectivity index is 1.57. The number of amides is 1. The van der Waals surface area contributed by atoms with Crippen LogP contribution in [0.5, 0.6) is 5.75 Å². The fourth-order valence-corrected chi connectivity index (χ4v) is 4.13. The van der Waals surface area contributed by atoms with Crippen molar-refractivity contribution in [1.82, 2.24) is 10.2 Å². The third-order valence-corrected chi connectivity index (χ3v) is 5.72. The summed E-state index contributed by atoms with van der Waals surface area (Å²) in [4.78, 5) is 12.4. The molecule has 1 amide bonds. The van der Waals surface area contributed by atoms with Gasteiger partial charge < -0.3 is 15.4 Å². The van der Waals surface area contributed by atoms with Gasteiger partial charge in [0, 0.05) is 17.4 Å². The van der Waals surface area contributed by atoms with Crippen molar-refractivity contribution in [3.05, 3.63) is 54.1 Å². The highest BCUT2D eigenvalue weighted by Gasteiger charge is 2.17. The highest BCUT2D eigenvalue weighted by Crippen LogP contribution is 2.31. The van der Waals surface area contributed by atoms with Gasteiger partial charge in [0.1, 0.15) is 5.75 Å². The molecule has 6 nitrogen and oxygen atoms in total. The monoisotopic (exact) mass is 400 g/mol. The van der Waals surface area contributed by atoms with Crippen LogP contribution in [0.1, 0.15) is 12.5 Å². The Morgan fingerprint density at radius 2 is 1.93 bits per heavy atom. The molecule has 0 saturated carbocycles. The van der Waals surface area contributed by atoms with Crippen molar-refractivity contribution in [3.63, 3.8) is 0 Å². The topological polar surface area (TPSA) is 76.1 Å². The van der Waals surface area contributed by atoms with Crippen molar-refractivity contribution in [2.45, 2.75) is 23.4 Å². The summed E-state index contributed by atoms with van der Waals surface area (Å²) >= 11 is 2.79. The lowest BCUT2D eigenvalue weighted by atomic mass is 10.2. The molecule has 3 aromatic rings. The van der Waals surface area contributed by atoms with E-state index in [9.17, 15) is 4.79 Å². The number of nitrogens with one attached hydrogen (secondary N) is 2. The highest BCUT2D eigenvalue weighted by molar-refractivity contribution is 8.02. The molecule has 0 unspecified atom stereocenters. The molecule has 27 heavy (non-hydrogen) atoms. The van der Waals surface area contributed by atoms with Crippen LogP contribution in [0.2, 0.25) is 0 Å². The third-order valence-electron chi connectivity index (χ3n) is 3.69. The lowest BCUT2D eigenvalue weighted by Crippen LogP contribution is -2.22. The zero-order chi connectivity index (χ0) is 19.2. The fraction of sp³-hybridized carbons (Fsp3) is 0.211. The Hall–Kier alpha value is -2.58. The molecule has 140 valence electrons. The molecule has 0 bridgehead atoms. The van der Waals surface area contributed by atoms with Gasteiger partial charge in [-0.1, -0.05) is 46.9 Å². The Morgan fingerprint density at radius 3 is 2.67 bits per heavy atom. The van der Waals surface area contributed by atoms with E-state index < -0.39 is 0 Å². The van der Waals surface area contributed by atoms with Crippen molar-refractivity contribution in [1.29, 1.82) is 0 Å². The van der Waals surface area contributed by atoms with Crippen LogP contribution in [0.4, 0.5) is 16.5 Å². The van der Waals surface area contributed by atoms with E-state index in [1.165, 1.54) is 23.1 Å². The summed E-state index contributed by atoms with van der Waals surface area (Å²) in [6.07, 6.45) is 0. The van der Waals surface area contributed by atoms with E-state index >= 15 is 0 Å². The van der Waals surface area contributed by atoms with Gasteiger partial charge in [-0.25, -0.2) is 0 Å². The molecule has 0 aliphatic carbocycles. The smallest absolute Gasteiger partial charge is 0.237 e. The molecule has 0 fully saturated rings. The van der Waals surface area contributed by atoms with Crippen LogP contribution >= 0.6 is 23.1 Å². The maximum absolute atomic E-state index is 12.4. The minimum Gasteiger partial charge on any atom is -0.497 e. The average Bonchev–Trinajstić information content (AvgIpc) is 3.10. The second kappa shape index (κ2) is 8.88. The summed E-state index contributed by atoms with van der Waals surface area (Å²) in [5.74, 6) is 0.696. The number of nitrogens with zero attached hydrogens (tertiary/aromatic N) is 2. The molecule has 1 aromatic heterocycles. The second-order valence-corrected chi connectivity index (χ2v) is 8.41. The minimum atomic E-state index is -0.288. The van der Waals surface area contributed by atoms with E-state index in [-0.39, 0.29) is 11.2 Å². The van der Waals surface area contributed by atoms with Crippen molar-refractivity contribution in [2.75, 3.05) is 17.7 Å². The third kappa shape index (κ3) is 5.45. The number of rotatable bonds is 7. The van der Waals surface area contributed by atoms with Crippen molar-refractivity contribution >= 4 is 45.5 Å². The van der Waals surface area contributed by atoms with Gasteiger partial charge in [-0.3, -0.25) is 4.79 Å². The first kappa shape index (κ1) is 19.2. The van der Waals surface area contributed by atoms with Crippen LogP contribution in [-0.2, 0) is 4.79 Å². The average molecular weight is 401 g/mol. The number of carbonyl (C=O) groups excluding carboxylic acids is 1. The summed E-state index contributed by atoms with van der Waals surface area (Å²) < 4.78 is 5.94. The van der Waals surface area contributed by atoms with Crippen molar-refractivity contribution in [2.24, 2.45) is 0 Å². The first-order chi connectivity index (χ1) is 13.0. The van der Waals surface area contributed by atoms with Crippen LogP contribution in [0, 0.1) is 6.92 Å². The van der Waals surface area contributed by atoms with Gasteiger partial charge in [0.15, 0.2) is 4.34 Å². The number of aryl methyl sites for hydroxylation is 1. The van der Waals surface area contributed by atoms with E-state index in [0.717, 1.165) is 27.0 Å². The first-order valence-electron chi connectivity index (χ1n) is 8.32. The van der Waals surface area contributed by atoms with Crippen LogP contribution in [0.15, 0.2) is 52.9 Å².